The average molecular weight is 553 g/mol. The fraction of sp³-hybridized carbons (Fsp3) is 0.481. The van der Waals surface area contributed by atoms with Gasteiger partial charge in [0, 0.05) is 7.05 Å². The molecule has 0 spiro atoms. The Morgan fingerprint density at radius 2 is 0.875 bits per heavy atom. The maximum atomic E-state index is 4.70. The number of nitrogens with zero attached hydrogens (tertiary/aromatic N) is 3. The molecule has 5 heteroatoms. The first-order chi connectivity index (χ1) is 14.9. The van der Waals surface area contributed by atoms with Gasteiger partial charge in [0.2, 0.25) is 0 Å². The molecule has 32 heavy (non-hydrogen) atoms. The Balaban J connectivity index is 0.00000249. The van der Waals surface area contributed by atoms with Crippen LogP contribution in [0.5, 0.6) is 0 Å². The van der Waals surface area contributed by atoms with Crippen molar-refractivity contribution < 1.29 is 14.2 Å². The molecule has 0 N–H and O–H groups in total. The van der Waals surface area contributed by atoms with Crippen molar-refractivity contribution in [3.05, 3.63) is 62.6 Å². The molecule has 0 atom stereocenters. The Morgan fingerprint density at radius 1 is 0.625 bits per heavy atom. The van der Waals surface area contributed by atoms with Crippen LogP contribution in [-0.4, -0.2) is 31.2 Å². The standard InChI is InChI=1S/C27H43N3.BrH.Cu/c1-20(2)29(10,21(3)4)26-18-14-12-16-24(26)28(9)25-17-13-15-19-27(25)30(11,22(5)6)23(7)8;;/h12-23H,10-11H2,1-9H3;1H;/q;;+1/p-1. The van der Waals surface area contributed by atoms with E-state index in [1.54, 1.807) is 0 Å². The summed E-state index contributed by atoms with van der Waals surface area (Å²) in [6.07, 6.45) is 0. The minimum absolute atomic E-state index is 0.365. The van der Waals surface area contributed by atoms with E-state index in [0.717, 1.165) is 0 Å². The van der Waals surface area contributed by atoms with E-state index < -0.39 is 0 Å². The first-order valence-electron chi connectivity index (χ1n) is 11.4. The molecule has 0 saturated carbocycles. The van der Waals surface area contributed by atoms with Gasteiger partial charge in [0.1, 0.15) is 22.7 Å². The van der Waals surface area contributed by atoms with Crippen molar-refractivity contribution in [1.82, 2.24) is 8.97 Å². The molecule has 3 nitrogen and oxygen atoms in total. The quantitative estimate of drug-likeness (QED) is 0.181. The first-order valence-corrected chi connectivity index (χ1v) is 13.7. The second-order valence-corrected chi connectivity index (χ2v) is 9.77. The monoisotopic (exact) mass is 551 g/mol. The van der Waals surface area contributed by atoms with Crippen molar-refractivity contribution >= 4 is 36.9 Å². The Hall–Kier alpha value is -0.841. The number of quaternary nitrogens is 2. The number of para-hydroxylation sites is 4. The van der Waals surface area contributed by atoms with Gasteiger partial charge in [0.05, 0.1) is 24.2 Å². The van der Waals surface area contributed by atoms with Crippen LogP contribution in [0.3, 0.4) is 0 Å². The van der Waals surface area contributed by atoms with Crippen LogP contribution >= 0.6 is 14.1 Å². The molecule has 0 bridgehead atoms. The molecule has 0 aliphatic heterocycles. The Kier molecular flexibility index (Phi) is 11.0. The van der Waals surface area contributed by atoms with E-state index in [9.17, 15) is 0 Å². The molecule has 0 heterocycles. The Bertz CT molecular complexity index is 763. The number of anilines is 2. The van der Waals surface area contributed by atoms with Gasteiger partial charge in [-0.3, -0.25) is 0 Å². The summed E-state index contributed by atoms with van der Waals surface area (Å²) in [6.45, 7) is 18.1. The van der Waals surface area contributed by atoms with Crippen molar-refractivity contribution in [2.45, 2.75) is 79.6 Å². The van der Waals surface area contributed by atoms with Crippen LogP contribution in [0.15, 0.2) is 48.5 Å². The third-order valence-corrected chi connectivity index (χ3v) is 7.07. The molecule has 0 aromatic heterocycles. The Labute approximate surface area is 213 Å². The molecule has 0 aliphatic rings. The molecule has 0 unspecified atom stereocenters. The van der Waals surface area contributed by atoms with Crippen LogP contribution in [0.2, 0.25) is 0 Å². The third-order valence-electron chi connectivity index (χ3n) is 7.07. The zero-order valence-electron chi connectivity index (χ0n) is 21.4. The molecule has 0 amide bonds. The number of hydrogen-bond donors (Lipinski definition) is 0. The van der Waals surface area contributed by atoms with Gasteiger partial charge in [-0.05, 0) is 79.7 Å². The third kappa shape index (κ3) is 5.45. The summed E-state index contributed by atoms with van der Waals surface area (Å²) in [5.41, 5.74) is 4.88. The number of rotatable bonds is 8. The van der Waals surface area contributed by atoms with Crippen molar-refractivity contribution in [2.75, 3.05) is 11.9 Å². The van der Waals surface area contributed by atoms with Gasteiger partial charge >= 0.3 is 28.3 Å². The molecule has 2 aromatic carbocycles. The summed E-state index contributed by atoms with van der Waals surface area (Å²) in [7, 11) is 11.6. The van der Waals surface area contributed by atoms with Crippen molar-refractivity contribution in [1.29, 1.82) is 0 Å². The minimum atomic E-state index is 0.365. The molecular weight excluding hydrogens is 510 g/mol. The van der Waals surface area contributed by atoms with E-state index in [0.29, 0.717) is 33.1 Å². The molecule has 0 saturated heterocycles. The SMILES string of the molecule is [CH2-][N+](c1ccccc1N(C)c1ccccc1[N+]([CH2-])(C(C)C)C(C)C)(C(C)C)C(C)C.[Cu][Br]. The van der Waals surface area contributed by atoms with E-state index in [1.807, 2.05) is 0 Å². The van der Waals surface area contributed by atoms with Crippen molar-refractivity contribution in [2.24, 2.45) is 0 Å². The fourth-order valence-electron chi connectivity index (χ4n) is 4.63. The zero-order valence-corrected chi connectivity index (χ0v) is 23.9. The summed E-state index contributed by atoms with van der Waals surface area (Å²) in [4.78, 5) is 2.33. The van der Waals surface area contributed by atoms with Crippen LogP contribution in [0.25, 0.3) is 0 Å². The second-order valence-electron chi connectivity index (χ2n) is 9.77. The zero-order chi connectivity index (χ0) is 24.9. The molecule has 0 radical (unpaired) electrons. The first kappa shape index (κ1) is 29.2. The van der Waals surface area contributed by atoms with E-state index >= 15 is 0 Å². The predicted molar refractivity (Wildman–Crippen MR) is 145 cm³/mol. The topological polar surface area (TPSA) is 3.24 Å². The number of benzene rings is 2. The molecule has 0 fully saturated rings. The van der Waals surface area contributed by atoms with Gasteiger partial charge in [0.15, 0.2) is 0 Å². The van der Waals surface area contributed by atoms with Gasteiger partial charge in [-0.25, -0.2) is 0 Å². The van der Waals surface area contributed by atoms with Crippen LogP contribution in [-0.2, 0) is 14.2 Å². The van der Waals surface area contributed by atoms with Gasteiger partial charge in [-0.1, -0.05) is 24.3 Å². The summed E-state index contributed by atoms with van der Waals surface area (Å²) in [5.74, 6) is 0. The van der Waals surface area contributed by atoms with Crippen LogP contribution < -0.4 is 13.9 Å². The van der Waals surface area contributed by atoms with Gasteiger partial charge in [-0.15, -0.1) is 14.1 Å². The number of halogens is 1. The maximum absolute atomic E-state index is 4.70. The van der Waals surface area contributed by atoms with Crippen molar-refractivity contribution in [3.63, 3.8) is 0 Å². The molecule has 184 valence electrons. The molecule has 2 aromatic rings. The van der Waals surface area contributed by atoms with Gasteiger partial charge in [0.25, 0.3) is 0 Å². The predicted octanol–water partition coefficient (Wildman–Crippen LogP) is 8.13. The summed E-state index contributed by atoms with van der Waals surface area (Å²) < 4.78 is 1.28. The normalized spacial score (nSPS) is 12.4. The summed E-state index contributed by atoms with van der Waals surface area (Å²) in [6, 6.07) is 18.9. The van der Waals surface area contributed by atoms with Crippen LogP contribution in [0, 0.1) is 14.1 Å². The van der Waals surface area contributed by atoms with E-state index in [1.165, 1.54) is 22.7 Å². The average Bonchev–Trinajstić information content (AvgIpc) is 2.78. The van der Waals surface area contributed by atoms with E-state index in [4.69, 9.17) is 14.1 Å². The molecule has 2 rings (SSSR count). The van der Waals surface area contributed by atoms with Crippen LogP contribution in [0.4, 0.5) is 22.7 Å². The van der Waals surface area contributed by atoms with E-state index in [2.05, 4.69) is 144 Å². The summed E-state index contributed by atoms with van der Waals surface area (Å²) in [5, 5.41) is 0. The molecular formula is C27H43BrCuN3. The van der Waals surface area contributed by atoms with Crippen LogP contribution in [0.1, 0.15) is 55.4 Å². The Morgan fingerprint density at radius 3 is 1.12 bits per heavy atom. The second kappa shape index (κ2) is 12.0. The van der Waals surface area contributed by atoms with E-state index in [-0.39, 0.29) is 0 Å². The number of hydrogen-bond acceptors (Lipinski definition) is 1. The molecule has 0 aliphatic carbocycles. The van der Waals surface area contributed by atoms with Crippen molar-refractivity contribution in [3.8, 4) is 0 Å². The fourth-order valence-corrected chi connectivity index (χ4v) is 4.63. The summed E-state index contributed by atoms with van der Waals surface area (Å²) >= 11 is 6.50. The van der Waals surface area contributed by atoms with Gasteiger partial charge < -0.3 is 13.9 Å². The van der Waals surface area contributed by atoms with Gasteiger partial charge in [-0.2, -0.15) is 0 Å².